The largest absolute Gasteiger partial charge is 0.548 e. The molecule has 0 aliphatic heterocycles. The lowest BCUT2D eigenvalue weighted by Gasteiger charge is -2.25. The van der Waals surface area contributed by atoms with Gasteiger partial charge in [0.1, 0.15) is 5.75 Å². The van der Waals surface area contributed by atoms with Gasteiger partial charge in [-0.2, -0.15) is 0 Å². The minimum absolute atomic E-state index is 0.207. The molecule has 0 saturated carbocycles. The van der Waals surface area contributed by atoms with Crippen LogP contribution in [0.25, 0.3) is 0 Å². The van der Waals surface area contributed by atoms with Gasteiger partial charge in [-0.25, -0.2) is 4.79 Å². The molecule has 1 aromatic carbocycles. The molecule has 20 heavy (non-hydrogen) atoms. The van der Waals surface area contributed by atoms with E-state index in [0.29, 0.717) is 17.9 Å². The van der Waals surface area contributed by atoms with Gasteiger partial charge in [-0.15, -0.1) is 0 Å². The maximum Gasteiger partial charge on any atom is 0.319 e. The van der Waals surface area contributed by atoms with Gasteiger partial charge < -0.3 is 25.3 Å². The van der Waals surface area contributed by atoms with Gasteiger partial charge in [0.2, 0.25) is 0 Å². The lowest BCUT2D eigenvalue weighted by molar-refractivity contribution is -0.309. The number of aliphatic carboxylic acids is 1. The molecule has 110 valence electrons. The van der Waals surface area contributed by atoms with Crippen LogP contribution < -0.4 is 20.5 Å². The third-order valence-corrected chi connectivity index (χ3v) is 3.10. The van der Waals surface area contributed by atoms with Gasteiger partial charge in [0.25, 0.3) is 0 Å². The molecule has 0 aliphatic rings. The standard InChI is InChI=1S/C14H20N2O4/c1-4-9(2)12(13(17)18)16-14(19)15-10-5-7-11(20-3)8-6-10/h5-9,12H,4H2,1-3H3,(H,17,18)(H2,15,16,19)/p-1/t9-,12+/m1/s1. The number of benzene rings is 1. The van der Waals surface area contributed by atoms with E-state index in [1.807, 2.05) is 6.92 Å². The lowest BCUT2D eigenvalue weighted by Crippen LogP contribution is -2.52. The number of methoxy groups -OCH3 is 1. The van der Waals surface area contributed by atoms with Crippen molar-refractivity contribution in [3.63, 3.8) is 0 Å². The molecule has 0 aromatic heterocycles. The van der Waals surface area contributed by atoms with Crippen LogP contribution >= 0.6 is 0 Å². The first-order valence-electron chi connectivity index (χ1n) is 6.40. The molecule has 2 amide bonds. The Balaban J connectivity index is 2.63. The summed E-state index contributed by atoms with van der Waals surface area (Å²) in [4.78, 5) is 22.8. The van der Waals surface area contributed by atoms with Crippen LogP contribution in [-0.2, 0) is 4.79 Å². The fourth-order valence-corrected chi connectivity index (χ4v) is 1.65. The van der Waals surface area contributed by atoms with E-state index in [-0.39, 0.29) is 5.92 Å². The fraction of sp³-hybridized carbons (Fsp3) is 0.429. The van der Waals surface area contributed by atoms with Crippen molar-refractivity contribution in [2.45, 2.75) is 26.3 Å². The van der Waals surface area contributed by atoms with Gasteiger partial charge in [-0.1, -0.05) is 20.3 Å². The van der Waals surface area contributed by atoms with Crippen LogP contribution in [0.15, 0.2) is 24.3 Å². The van der Waals surface area contributed by atoms with Crippen LogP contribution in [0.3, 0.4) is 0 Å². The Kier molecular flexibility index (Phi) is 5.83. The van der Waals surface area contributed by atoms with E-state index in [2.05, 4.69) is 10.6 Å². The number of urea groups is 1. The van der Waals surface area contributed by atoms with E-state index in [1.54, 1.807) is 38.3 Å². The summed E-state index contributed by atoms with van der Waals surface area (Å²) >= 11 is 0. The van der Waals surface area contributed by atoms with Gasteiger partial charge >= 0.3 is 6.03 Å². The molecule has 0 unspecified atom stereocenters. The number of nitrogens with one attached hydrogen (secondary N) is 2. The van der Waals surface area contributed by atoms with Crippen LogP contribution in [0.5, 0.6) is 5.75 Å². The van der Waals surface area contributed by atoms with Crippen LogP contribution in [0, 0.1) is 5.92 Å². The van der Waals surface area contributed by atoms with Crippen molar-refractivity contribution in [3.8, 4) is 5.75 Å². The second-order valence-electron chi connectivity index (χ2n) is 4.51. The van der Waals surface area contributed by atoms with E-state index in [9.17, 15) is 14.7 Å². The number of carboxylic acid groups (broad SMARTS) is 1. The van der Waals surface area contributed by atoms with E-state index >= 15 is 0 Å². The summed E-state index contributed by atoms with van der Waals surface area (Å²) in [6.07, 6.45) is 0.626. The van der Waals surface area contributed by atoms with Gasteiger partial charge in [0, 0.05) is 5.69 Å². The van der Waals surface area contributed by atoms with Crippen molar-refractivity contribution in [2.75, 3.05) is 12.4 Å². The average Bonchev–Trinajstić information content (AvgIpc) is 2.44. The number of ether oxygens (including phenoxy) is 1. The van der Waals surface area contributed by atoms with Crippen LogP contribution in [-0.4, -0.2) is 25.2 Å². The third kappa shape index (κ3) is 4.46. The smallest absolute Gasteiger partial charge is 0.319 e. The number of amides is 2. The highest BCUT2D eigenvalue weighted by Gasteiger charge is 2.19. The molecule has 6 nitrogen and oxygen atoms in total. The molecule has 2 atom stereocenters. The highest BCUT2D eigenvalue weighted by molar-refractivity contribution is 5.92. The summed E-state index contributed by atoms with van der Waals surface area (Å²) in [5.41, 5.74) is 0.546. The molecule has 0 bridgehead atoms. The summed E-state index contributed by atoms with van der Waals surface area (Å²) in [6, 6.07) is 5.12. The predicted octanol–water partition coefficient (Wildman–Crippen LogP) is 0.981. The molecular weight excluding hydrogens is 260 g/mol. The monoisotopic (exact) mass is 279 g/mol. The molecular formula is C14H19N2O4-. The number of hydrogen-bond donors (Lipinski definition) is 2. The zero-order chi connectivity index (χ0) is 15.1. The lowest BCUT2D eigenvalue weighted by atomic mass is 9.99. The van der Waals surface area contributed by atoms with E-state index in [0.717, 1.165) is 0 Å². The molecule has 1 rings (SSSR count). The summed E-state index contributed by atoms with van der Waals surface area (Å²) < 4.78 is 5.00. The van der Waals surface area contributed by atoms with Crippen LogP contribution in [0.2, 0.25) is 0 Å². The zero-order valence-corrected chi connectivity index (χ0v) is 11.8. The molecule has 0 fully saturated rings. The number of anilines is 1. The number of carbonyl (C=O) groups is 2. The Hall–Kier alpha value is -2.24. The first-order valence-corrected chi connectivity index (χ1v) is 6.40. The van der Waals surface area contributed by atoms with Crippen LogP contribution in [0.4, 0.5) is 10.5 Å². The quantitative estimate of drug-likeness (QED) is 0.812. The highest BCUT2D eigenvalue weighted by atomic mass is 16.5. The van der Waals surface area contributed by atoms with Crippen molar-refractivity contribution in [3.05, 3.63) is 24.3 Å². The number of hydrogen-bond acceptors (Lipinski definition) is 4. The van der Waals surface area contributed by atoms with E-state index < -0.39 is 18.0 Å². The molecule has 2 N–H and O–H groups in total. The minimum Gasteiger partial charge on any atom is -0.548 e. The maximum absolute atomic E-state index is 11.8. The van der Waals surface area contributed by atoms with Gasteiger partial charge in [-0.05, 0) is 30.2 Å². The molecule has 6 heteroatoms. The Morgan fingerprint density at radius 1 is 1.30 bits per heavy atom. The molecule has 0 aliphatic carbocycles. The molecule has 0 spiro atoms. The second-order valence-corrected chi connectivity index (χ2v) is 4.51. The van der Waals surface area contributed by atoms with Crippen molar-refractivity contribution >= 4 is 17.7 Å². The summed E-state index contributed by atoms with van der Waals surface area (Å²) in [7, 11) is 1.55. The normalized spacial score (nSPS) is 13.2. The Bertz CT molecular complexity index is 459. The first kappa shape index (κ1) is 15.8. The third-order valence-electron chi connectivity index (χ3n) is 3.10. The van der Waals surface area contributed by atoms with Gasteiger partial charge in [-0.3, -0.25) is 0 Å². The average molecular weight is 279 g/mol. The van der Waals surface area contributed by atoms with Gasteiger partial charge in [0.05, 0.1) is 19.1 Å². The van der Waals surface area contributed by atoms with Crippen molar-refractivity contribution in [2.24, 2.45) is 5.92 Å². The predicted molar refractivity (Wildman–Crippen MR) is 73.4 cm³/mol. The van der Waals surface area contributed by atoms with Gasteiger partial charge in [0.15, 0.2) is 0 Å². The second kappa shape index (κ2) is 7.37. The Morgan fingerprint density at radius 2 is 1.90 bits per heavy atom. The van der Waals surface area contributed by atoms with Crippen LogP contribution in [0.1, 0.15) is 20.3 Å². The van der Waals surface area contributed by atoms with E-state index in [1.165, 1.54) is 0 Å². The highest BCUT2D eigenvalue weighted by Crippen LogP contribution is 2.15. The Labute approximate surface area is 118 Å². The number of carbonyl (C=O) groups excluding carboxylic acids is 2. The molecule has 1 aromatic rings. The topological polar surface area (TPSA) is 90.5 Å². The first-order chi connectivity index (χ1) is 9.47. The SMILES string of the molecule is CC[C@@H](C)[C@H](NC(=O)Nc1ccc(OC)cc1)C(=O)[O-]. The van der Waals surface area contributed by atoms with Crippen molar-refractivity contribution in [1.29, 1.82) is 0 Å². The van der Waals surface area contributed by atoms with Crippen molar-refractivity contribution < 1.29 is 19.4 Å². The molecule has 0 heterocycles. The maximum atomic E-state index is 11.8. The molecule has 0 radical (unpaired) electrons. The summed E-state index contributed by atoms with van der Waals surface area (Å²) in [5.74, 6) is -0.825. The van der Waals surface area contributed by atoms with E-state index in [4.69, 9.17) is 4.74 Å². The minimum atomic E-state index is -1.29. The molecule has 0 saturated heterocycles. The van der Waals surface area contributed by atoms with Crippen molar-refractivity contribution in [1.82, 2.24) is 5.32 Å². The summed E-state index contributed by atoms with van der Waals surface area (Å²) in [5, 5.41) is 16.0. The summed E-state index contributed by atoms with van der Waals surface area (Å²) in [6.45, 7) is 3.60. The number of carboxylic acids is 1. The number of rotatable bonds is 6. The Morgan fingerprint density at radius 3 is 2.35 bits per heavy atom. The zero-order valence-electron chi connectivity index (χ0n) is 11.8. The fourth-order valence-electron chi connectivity index (χ4n) is 1.65.